The molecule has 2 aliphatic rings. The molecule has 8 nitrogen and oxygen atoms in total. The minimum atomic E-state index is -0.342. The number of hydrogen-bond acceptors (Lipinski definition) is 4. The number of carbonyl (C=O) groups is 2. The van der Waals surface area contributed by atoms with Crippen molar-refractivity contribution in [3.05, 3.63) is 29.3 Å². The first-order chi connectivity index (χ1) is 13.6. The first-order valence-electron chi connectivity index (χ1n) is 9.89. The summed E-state index contributed by atoms with van der Waals surface area (Å²) in [5.41, 5.74) is 2.20. The van der Waals surface area contributed by atoms with Crippen LogP contribution in [0.1, 0.15) is 30.9 Å². The number of ether oxygens (including phenoxy) is 1. The summed E-state index contributed by atoms with van der Waals surface area (Å²) in [4.78, 5) is 29.1. The number of hydrogen-bond donors (Lipinski definition) is 3. The molecule has 0 unspecified atom stereocenters. The van der Waals surface area contributed by atoms with Gasteiger partial charge in [-0.25, -0.2) is 9.79 Å². The molecule has 0 radical (unpaired) electrons. The second-order valence-corrected chi connectivity index (χ2v) is 7.19. The summed E-state index contributed by atoms with van der Waals surface area (Å²) in [6.07, 6.45) is 2.51. The van der Waals surface area contributed by atoms with Crippen LogP contribution in [0.15, 0.2) is 23.2 Å². The minimum absolute atomic E-state index is 0.0735. The minimum Gasteiger partial charge on any atom is -0.493 e. The van der Waals surface area contributed by atoms with Crippen molar-refractivity contribution in [3.63, 3.8) is 0 Å². The number of rotatable bonds is 9. The lowest BCUT2D eigenvalue weighted by molar-refractivity contribution is -0.124. The van der Waals surface area contributed by atoms with E-state index >= 15 is 0 Å². The van der Waals surface area contributed by atoms with Crippen molar-refractivity contribution in [1.29, 1.82) is 0 Å². The Hall–Kier alpha value is -2.77. The highest BCUT2D eigenvalue weighted by Gasteiger charge is 2.27. The number of nitrogens with zero attached hydrogens (tertiary/aromatic N) is 2. The molecule has 28 heavy (non-hydrogen) atoms. The van der Waals surface area contributed by atoms with Gasteiger partial charge in [0.1, 0.15) is 5.75 Å². The van der Waals surface area contributed by atoms with Gasteiger partial charge in [0.25, 0.3) is 0 Å². The zero-order valence-corrected chi connectivity index (χ0v) is 16.6. The molecule has 0 spiro atoms. The summed E-state index contributed by atoms with van der Waals surface area (Å²) in [6, 6.07) is 5.83. The van der Waals surface area contributed by atoms with Crippen LogP contribution in [0.2, 0.25) is 0 Å². The highest BCUT2D eigenvalue weighted by Crippen LogP contribution is 2.30. The number of aliphatic imine (C=N–C) groups is 1. The van der Waals surface area contributed by atoms with Gasteiger partial charge in [-0.1, -0.05) is 12.1 Å². The summed E-state index contributed by atoms with van der Waals surface area (Å²) < 4.78 is 6.01. The Morgan fingerprint density at radius 2 is 2.14 bits per heavy atom. The molecule has 2 fully saturated rings. The molecule has 1 heterocycles. The number of urea groups is 1. The Balaban J connectivity index is 1.57. The maximum atomic E-state index is 11.6. The van der Waals surface area contributed by atoms with Crippen LogP contribution in [-0.4, -0.2) is 55.6 Å². The Morgan fingerprint density at radius 1 is 1.32 bits per heavy atom. The SMILES string of the molecule is CCNC(=NCc1ccc(C)cc1OCC1CC1)NCCN1C(=O)CNC1=O. The van der Waals surface area contributed by atoms with Crippen LogP contribution in [-0.2, 0) is 11.3 Å². The highest BCUT2D eigenvalue weighted by atomic mass is 16.5. The average molecular weight is 387 g/mol. The van der Waals surface area contributed by atoms with Gasteiger partial charge in [0.2, 0.25) is 5.91 Å². The van der Waals surface area contributed by atoms with Crippen LogP contribution >= 0.6 is 0 Å². The van der Waals surface area contributed by atoms with E-state index in [0.29, 0.717) is 38.1 Å². The lowest BCUT2D eigenvalue weighted by Gasteiger charge is -2.16. The fourth-order valence-corrected chi connectivity index (χ4v) is 2.89. The number of amides is 3. The quantitative estimate of drug-likeness (QED) is 0.338. The zero-order valence-electron chi connectivity index (χ0n) is 16.6. The second-order valence-electron chi connectivity index (χ2n) is 7.19. The van der Waals surface area contributed by atoms with Crippen molar-refractivity contribution in [2.24, 2.45) is 10.9 Å². The lowest BCUT2D eigenvalue weighted by Crippen LogP contribution is -2.43. The van der Waals surface area contributed by atoms with E-state index in [4.69, 9.17) is 4.74 Å². The molecule has 0 atom stereocenters. The first kappa shape index (κ1) is 20.0. The lowest BCUT2D eigenvalue weighted by atomic mass is 10.1. The van der Waals surface area contributed by atoms with Gasteiger partial charge < -0.3 is 20.7 Å². The van der Waals surface area contributed by atoms with E-state index in [9.17, 15) is 9.59 Å². The van der Waals surface area contributed by atoms with Gasteiger partial charge in [0.15, 0.2) is 5.96 Å². The molecule has 1 aromatic rings. The Morgan fingerprint density at radius 3 is 2.82 bits per heavy atom. The van der Waals surface area contributed by atoms with E-state index in [1.807, 2.05) is 6.92 Å². The largest absolute Gasteiger partial charge is 0.493 e. The van der Waals surface area contributed by atoms with E-state index < -0.39 is 0 Å². The number of nitrogens with one attached hydrogen (secondary N) is 3. The smallest absolute Gasteiger partial charge is 0.324 e. The molecular weight excluding hydrogens is 358 g/mol. The van der Waals surface area contributed by atoms with Crippen molar-refractivity contribution in [3.8, 4) is 5.75 Å². The molecule has 152 valence electrons. The number of imide groups is 1. The number of guanidine groups is 1. The molecule has 1 aliphatic heterocycles. The second kappa shape index (κ2) is 9.43. The third kappa shape index (κ3) is 5.61. The third-order valence-corrected chi connectivity index (χ3v) is 4.71. The molecule has 1 aromatic carbocycles. The molecule has 3 rings (SSSR count). The molecule has 0 aromatic heterocycles. The normalized spacial score (nSPS) is 16.9. The number of benzene rings is 1. The molecule has 8 heteroatoms. The summed E-state index contributed by atoms with van der Waals surface area (Å²) in [7, 11) is 0. The Kier molecular flexibility index (Phi) is 6.73. The monoisotopic (exact) mass is 387 g/mol. The highest BCUT2D eigenvalue weighted by molar-refractivity contribution is 6.01. The summed E-state index contributed by atoms with van der Waals surface area (Å²) in [5, 5.41) is 8.87. The molecule has 1 aliphatic carbocycles. The predicted octanol–water partition coefficient (Wildman–Crippen LogP) is 1.39. The van der Waals surface area contributed by atoms with Gasteiger partial charge in [0.05, 0.1) is 19.7 Å². The predicted molar refractivity (Wildman–Crippen MR) is 107 cm³/mol. The fourth-order valence-electron chi connectivity index (χ4n) is 2.89. The van der Waals surface area contributed by atoms with Gasteiger partial charge in [-0.2, -0.15) is 0 Å². The topological polar surface area (TPSA) is 95.1 Å². The molecule has 3 N–H and O–H groups in total. The van der Waals surface area contributed by atoms with E-state index in [1.54, 1.807) is 0 Å². The standard InChI is InChI=1S/C20H29N5O3/c1-3-21-19(22-8-9-25-18(26)12-24-20(25)27)23-11-16-7-4-14(2)10-17(16)28-13-15-5-6-15/h4,7,10,15H,3,5-6,8-9,11-13H2,1-2H3,(H,24,27)(H2,21,22,23). The Labute approximate surface area is 165 Å². The van der Waals surface area contributed by atoms with Crippen molar-refractivity contribution >= 4 is 17.9 Å². The van der Waals surface area contributed by atoms with Gasteiger partial charge in [-0.3, -0.25) is 9.69 Å². The maximum absolute atomic E-state index is 11.6. The Bertz CT molecular complexity index is 729. The molecular formula is C20H29N5O3. The van der Waals surface area contributed by atoms with Crippen LogP contribution in [0.5, 0.6) is 5.75 Å². The first-order valence-corrected chi connectivity index (χ1v) is 9.89. The van der Waals surface area contributed by atoms with Crippen molar-refractivity contribution < 1.29 is 14.3 Å². The van der Waals surface area contributed by atoms with Crippen LogP contribution in [0.25, 0.3) is 0 Å². The summed E-state index contributed by atoms with van der Waals surface area (Å²) in [5.74, 6) is 2.03. The van der Waals surface area contributed by atoms with Crippen molar-refractivity contribution in [2.45, 2.75) is 33.2 Å². The van der Waals surface area contributed by atoms with Crippen LogP contribution in [0.3, 0.4) is 0 Å². The van der Waals surface area contributed by atoms with Crippen LogP contribution in [0.4, 0.5) is 4.79 Å². The zero-order chi connectivity index (χ0) is 19.9. The van der Waals surface area contributed by atoms with Gasteiger partial charge >= 0.3 is 6.03 Å². The van der Waals surface area contributed by atoms with E-state index in [1.165, 1.54) is 17.7 Å². The number of aryl methyl sites for hydroxylation is 1. The van der Waals surface area contributed by atoms with Crippen molar-refractivity contribution in [1.82, 2.24) is 20.9 Å². The summed E-state index contributed by atoms with van der Waals surface area (Å²) in [6.45, 7) is 6.82. The fraction of sp³-hybridized carbons (Fsp3) is 0.550. The van der Waals surface area contributed by atoms with Gasteiger partial charge in [0, 0.05) is 25.2 Å². The molecule has 1 saturated heterocycles. The van der Waals surface area contributed by atoms with Gasteiger partial charge in [-0.05, 0) is 44.2 Å². The van der Waals surface area contributed by atoms with Crippen molar-refractivity contribution in [2.75, 3.05) is 32.8 Å². The number of carbonyl (C=O) groups excluding carboxylic acids is 2. The van der Waals surface area contributed by atoms with E-state index in [0.717, 1.165) is 23.5 Å². The van der Waals surface area contributed by atoms with E-state index in [-0.39, 0.29) is 18.5 Å². The molecule has 3 amide bonds. The van der Waals surface area contributed by atoms with Crippen LogP contribution in [0, 0.1) is 12.8 Å². The molecule has 1 saturated carbocycles. The third-order valence-electron chi connectivity index (χ3n) is 4.71. The summed E-state index contributed by atoms with van der Waals surface area (Å²) >= 11 is 0. The van der Waals surface area contributed by atoms with E-state index in [2.05, 4.69) is 46.1 Å². The molecule has 0 bridgehead atoms. The average Bonchev–Trinajstić information content (AvgIpc) is 3.45. The maximum Gasteiger partial charge on any atom is 0.324 e. The van der Waals surface area contributed by atoms with Crippen LogP contribution < -0.4 is 20.7 Å². The van der Waals surface area contributed by atoms with Gasteiger partial charge in [-0.15, -0.1) is 0 Å².